The molecule has 0 bridgehead atoms. The van der Waals surface area contributed by atoms with Crippen molar-refractivity contribution >= 4 is 5.91 Å². The molecule has 0 aromatic heterocycles. The Morgan fingerprint density at radius 2 is 1.92 bits per heavy atom. The van der Waals surface area contributed by atoms with Crippen molar-refractivity contribution in [1.29, 1.82) is 0 Å². The van der Waals surface area contributed by atoms with Crippen LogP contribution in [-0.4, -0.2) is 5.91 Å². The number of carbonyl (C=O) groups excluding carboxylic acids is 1. The molecule has 2 nitrogen and oxygen atoms in total. The minimum absolute atomic E-state index is 0.161. The van der Waals surface area contributed by atoms with E-state index in [1.807, 2.05) is 0 Å². The van der Waals surface area contributed by atoms with E-state index in [1.165, 1.54) is 6.42 Å². The zero-order valence-corrected chi connectivity index (χ0v) is 8.47. The standard InChI is InChI=1S/C10H21NO/c1-4-9(7-10(11)12)6-5-8(2)3/h8-9H,4-7H2,1-3H3,(H2,11,12)/t9-/m1/s1. The molecule has 0 saturated heterocycles. The zero-order valence-electron chi connectivity index (χ0n) is 8.47. The SMILES string of the molecule is CC[C@H](CCC(C)C)CC(N)=O. The number of carbonyl (C=O) groups is 1. The monoisotopic (exact) mass is 171 g/mol. The predicted octanol–water partition coefficient (Wildman–Crippen LogP) is 2.32. The van der Waals surface area contributed by atoms with E-state index >= 15 is 0 Å². The number of hydrogen-bond donors (Lipinski definition) is 1. The van der Waals surface area contributed by atoms with Crippen molar-refractivity contribution in [2.75, 3.05) is 0 Å². The van der Waals surface area contributed by atoms with Gasteiger partial charge in [-0.05, 0) is 18.3 Å². The second-order valence-electron chi connectivity index (χ2n) is 3.92. The van der Waals surface area contributed by atoms with Crippen LogP contribution in [0.15, 0.2) is 0 Å². The number of hydrogen-bond acceptors (Lipinski definition) is 1. The Balaban J connectivity index is 3.60. The van der Waals surface area contributed by atoms with E-state index in [0.717, 1.165) is 18.8 Å². The summed E-state index contributed by atoms with van der Waals surface area (Å²) in [4.78, 5) is 10.6. The van der Waals surface area contributed by atoms with E-state index in [-0.39, 0.29) is 5.91 Å². The highest BCUT2D eigenvalue weighted by Gasteiger charge is 2.09. The van der Waals surface area contributed by atoms with Gasteiger partial charge in [-0.1, -0.05) is 33.6 Å². The van der Waals surface area contributed by atoms with Crippen LogP contribution in [0.5, 0.6) is 0 Å². The van der Waals surface area contributed by atoms with E-state index in [2.05, 4.69) is 20.8 Å². The van der Waals surface area contributed by atoms with E-state index in [9.17, 15) is 4.79 Å². The minimum Gasteiger partial charge on any atom is -0.370 e. The van der Waals surface area contributed by atoms with Gasteiger partial charge in [0.05, 0.1) is 0 Å². The topological polar surface area (TPSA) is 43.1 Å². The third kappa shape index (κ3) is 6.20. The number of amides is 1. The first-order chi connectivity index (χ1) is 5.56. The third-order valence-electron chi connectivity index (χ3n) is 2.22. The van der Waals surface area contributed by atoms with Gasteiger partial charge in [0.15, 0.2) is 0 Å². The van der Waals surface area contributed by atoms with Crippen LogP contribution in [0.3, 0.4) is 0 Å². The van der Waals surface area contributed by atoms with Gasteiger partial charge in [0, 0.05) is 6.42 Å². The van der Waals surface area contributed by atoms with Gasteiger partial charge in [-0.3, -0.25) is 4.79 Å². The molecule has 12 heavy (non-hydrogen) atoms. The van der Waals surface area contributed by atoms with Crippen LogP contribution >= 0.6 is 0 Å². The summed E-state index contributed by atoms with van der Waals surface area (Å²) in [5.74, 6) is 1.07. The average molecular weight is 171 g/mol. The molecule has 0 spiro atoms. The molecule has 0 rings (SSSR count). The summed E-state index contributed by atoms with van der Waals surface area (Å²) in [7, 11) is 0. The maximum atomic E-state index is 10.6. The van der Waals surface area contributed by atoms with Crippen LogP contribution in [0.1, 0.15) is 46.5 Å². The highest BCUT2D eigenvalue weighted by Crippen LogP contribution is 2.17. The first-order valence-electron chi connectivity index (χ1n) is 4.84. The fraction of sp³-hybridized carbons (Fsp3) is 0.900. The molecular formula is C10H21NO. The molecule has 0 radical (unpaired) electrons. The zero-order chi connectivity index (χ0) is 9.56. The Bertz CT molecular complexity index is 132. The Morgan fingerprint density at radius 1 is 1.33 bits per heavy atom. The molecule has 0 aliphatic carbocycles. The van der Waals surface area contributed by atoms with E-state index in [4.69, 9.17) is 5.73 Å². The fourth-order valence-electron chi connectivity index (χ4n) is 1.30. The van der Waals surface area contributed by atoms with Crippen molar-refractivity contribution in [2.24, 2.45) is 17.6 Å². The highest BCUT2D eigenvalue weighted by atomic mass is 16.1. The van der Waals surface area contributed by atoms with Crippen molar-refractivity contribution in [3.63, 3.8) is 0 Å². The number of rotatable bonds is 6. The summed E-state index contributed by atoms with van der Waals surface area (Å²) >= 11 is 0. The number of nitrogens with two attached hydrogens (primary N) is 1. The molecule has 0 heterocycles. The van der Waals surface area contributed by atoms with E-state index < -0.39 is 0 Å². The summed E-state index contributed by atoms with van der Waals surface area (Å²) in [6, 6.07) is 0. The molecular weight excluding hydrogens is 150 g/mol. The molecule has 1 amide bonds. The van der Waals surface area contributed by atoms with Gasteiger partial charge < -0.3 is 5.73 Å². The summed E-state index contributed by atoms with van der Waals surface area (Å²) in [5, 5.41) is 0. The van der Waals surface area contributed by atoms with Gasteiger partial charge in [0.2, 0.25) is 5.91 Å². The third-order valence-corrected chi connectivity index (χ3v) is 2.22. The normalized spacial score (nSPS) is 13.3. The largest absolute Gasteiger partial charge is 0.370 e. The molecule has 2 N–H and O–H groups in total. The van der Waals surface area contributed by atoms with Gasteiger partial charge in [-0.25, -0.2) is 0 Å². The smallest absolute Gasteiger partial charge is 0.217 e. The predicted molar refractivity (Wildman–Crippen MR) is 51.7 cm³/mol. The van der Waals surface area contributed by atoms with Crippen molar-refractivity contribution < 1.29 is 4.79 Å². The molecule has 2 heteroatoms. The van der Waals surface area contributed by atoms with E-state index in [0.29, 0.717) is 12.3 Å². The second kappa shape index (κ2) is 6.04. The van der Waals surface area contributed by atoms with Crippen molar-refractivity contribution in [1.82, 2.24) is 0 Å². The molecule has 0 aromatic carbocycles. The van der Waals surface area contributed by atoms with Gasteiger partial charge in [-0.15, -0.1) is 0 Å². The van der Waals surface area contributed by atoms with Crippen LogP contribution in [0.2, 0.25) is 0 Å². The van der Waals surface area contributed by atoms with Gasteiger partial charge in [-0.2, -0.15) is 0 Å². The maximum Gasteiger partial charge on any atom is 0.217 e. The molecule has 0 aromatic rings. The lowest BCUT2D eigenvalue weighted by molar-refractivity contribution is -0.119. The first-order valence-corrected chi connectivity index (χ1v) is 4.84. The Kier molecular flexibility index (Phi) is 5.77. The second-order valence-corrected chi connectivity index (χ2v) is 3.92. The van der Waals surface area contributed by atoms with Gasteiger partial charge >= 0.3 is 0 Å². The molecule has 0 unspecified atom stereocenters. The van der Waals surface area contributed by atoms with Crippen molar-refractivity contribution in [3.8, 4) is 0 Å². The van der Waals surface area contributed by atoms with Gasteiger partial charge in [0.25, 0.3) is 0 Å². The Hall–Kier alpha value is -0.530. The summed E-state index contributed by atoms with van der Waals surface area (Å²) in [5.41, 5.74) is 5.14. The lowest BCUT2D eigenvalue weighted by Gasteiger charge is -2.13. The lowest BCUT2D eigenvalue weighted by atomic mass is 9.93. The van der Waals surface area contributed by atoms with Crippen LogP contribution < -0.4 is 5.73 Å². The Labute approximate surface area is 75.5 Å². The summed E-state index contributed by atoms with van der Waals surface area (Å²) in [6.45, 7) is 6.53. The summed E-state index contributed by atoms with van der Waals surface area (Å²) < 4.78 is 0. The van der Waals surface area contributed by atoms with Crippen LogP contribution in [0, 0.1) is 11.8 Å². The van der Waals surface area contributed by atoms with Crippen molar-refractivity contribution in [3.05, 3.63) is 0 Å². The van der Waals surface area contributed by atoms with Crippen LogP contribution in [-0.2, 0) is 4.79 Å². The average Bonchev–Trinajstić information content (AvgIpc) is 1.97. The Morgan fingerprint density at radius 3 is 2.25 bits per heavy atom. The highest BCUT2D eigenvalue weighted by molar-refractivity contribution is 5.73. The van der Waals surface area contributed by atoms with Gasteiger partial charge in [0.1, 0.15) is 0 Å². The van der Waals surface area contributed by atoms with Crippen LogP contribution in [0.25, 0.3) is 0 Å². The number of primary amides is 1. The summed E-state index contributed by atoms with van der Waals surface area (Å²) in [6.07, 6.45) is 3.96. The fourth-order valence-corrected chi connectivity index (χ4v) is 1.30. The van der Waals surface area contributed by atoms with Crippen molar-refractivity contribution in [2.45, 2.75) is 46.5 Å². The first kappa shape index (κ1) is 11.5. The molecule has 0 fully saturated rings. The molecule has 0 aliphatic heterocycles. The quantitative estimate of drug-likeness (QED) is 0.655. The molecule has 1 atom stereocenters. The minimum atomic E-state index is -0.161. The molecule has 0 aliphatic rings. The van der Waals surface area contributed by atoms with Crippen LogP contribution in [0.4, 0.5) is 0 Å². The maximum absolute atomic E-state index is 10.6. The molecule has 72 valence electrons. The van der Waals surface area contributed by atoms with E-state index in [1.54, 1.807) is 0 Å². The molecule has 0 saturated carbocycles. The lowest BCUT2D eigenvalue weighted by Crippen LogP contribution is -2.16.